The molecule has 1 aliphatic heterocycles. The zero-order valence-corrected chi connectivity index (χ0v) is 39.3. The van der Waals surface area contributed by atoms with Crippen molar-refractivity contribution in [2.24, 2.45) is 0 Å². The first-order chi connectivity index (χ1) is 23.0. The summed E-state index contributed by atoms with van der Waals surface area (Å²) in [6.07, 6.45) is -3.41. The SMILES string of the molecule is CN(C)CCOCCOCCNC(=O)c1cc(CO[N-]Oc2ccc(CO)cc2COC(=O)I)ccc1OC1CC(O)CC(C(=O)O)O1.N.O.[Tb].[Y].[Y]. The molecule has 3 radical (unpaired) electrons. The van der Waals surface area contributed by atoms with Crippen molar-refractivity contribution < 1.29 is 173 Å². The molecule has 18 nitrogen and oxygen atoms in total. The first-order valence-electron chi connectivity index (χ1n) is 15.0. The van der Waals surface area contributed by atoms with E-state index in [0.717, 1.165) is 6.54 Å². The van der Waals surface area contributed by atoms with E-state index in [9.17, 15) is 29.7 Å². The third-order valence-electron chi connectivity index (χ3n) is 6.74. The van der Waals surface area contributed by atoms with Gasteiger partial charge in [0.25, 0.3) is 5.91 Å². The maximum atomic E-state index is 13.2. The molecule has 1 aliphatic rings. The third-order valence-corrected chi connectivity index (χ3v) is 7.06. The number of hydrogen-bond acceptors (Lipinski definition) is 14. The topological polar surface area (TPSA) is 272 Å². The van der Waals surface area contributed by atoms with E-state index < -0.39 is 34.4 Å². The van der Waals surface area contributed by atoms with Gasteiger partial charge in [0.05, 0.1) is 73.9 Å². The predicted octanol–water partition coefficient (Wildman–Crippen LogP) is 2.04. The molecular weight excluding hydrogens is 1120 g/mol. The number of nitrogens with zero attached hydrogens (tertiary/aromatic N) is 2. The van der Waals surface area contributed by atoms with Crippen LogP contribution in [0.3, 0.4) is 0 Å². The molecule has 3 atom stereocenters. The van der Waals surface area contributed by atoms with Gasteiger partial charge in [0, 0.05) is 136 Å². The van der Waals surface area contributed by atoms with E-state index in [0.29, 0.717) is 36.5 Å². The average molecular weight is 1160 g/mol. The Morgan fingerprint density at radius 3 is 2.28 bits per heavy atom. The summed E-state index contributed by atoms with van der Waals surface area (Å²) in [5.41, 5.74) is 5.29. The zero-order chi connectivity index (χ0) is 34.9. The number of aliphatic hydroxyl groups is 2. The fraction of sp³-hybridized carbons (Fsp3) is 0.516. The fourth-order valence-electron chi connectivity index (χ4n) is 4.32. The number of carbonyl (C=O) groups excluding carboxylic acids is 2. The van der Waals surface area contributed by atoms with E-state index in [4.69, 9.17) is 33.4 Å². The summed E-state index contributed by atoms with van der Waals surface area (Å²) in [6.45, 7) is 2.12. The fourth-order valence-corrected chi connectivity index (χ4v) is 4.48. The van der Waals surface area contributed by atoms with Crippen LogP contribution in [-0.2, 0) is 114 Å². The monoisotopic (exact) mass is 1160 g/mol. The largest absolute Gasteiger partial charge is 0.565 e. The Balaban J connectivity index is -0.00000500. The van der Waals surface area contributed by atoms with E-state index >= 15 is 0 Å². The van der Waals surface area contributed by atoms with E-state index in [1.54, 1.807) is 24.3 Å². The van der Waals surface area contributed by atoms with Crippen molar-refractivity contribution in [3.05, 3.63) is 64.3 Å². The molecule has 2 aromatic rings. The molecule has 0 bridgehead atoms. The molecule has 297 valence electrons. The van der Waals surface area contributed by atoms with E-state index in [1.807, 2.05) is 19.0 Å². The van der Waals surface area contributed by atoms with Gasteiger partial charge in [0.15, 0.2) is 6.10 Å². The Labute approximate surface area is 402 Å². The van der Waals surface area contributed by atoms with Crippen LogP contribution in [0.25, 0.3) is 5.64 Å². The molecule has 1 saturated heterocycles. The van der Waals surface area contributed by atoms with Gasteiger partial charge in [0.2, 0.25) is 6.29 Å². The van der Waals surface area contributed by atoms with Crippen LogP contribution in [0.15, 0.2) is 36.4 Å². The molecule has 1 amide bonds. The van der Waals surface area contributed by atoms with Gasteiger partial charge in [-0.2, -0.15) is 0 Å². The van der Waals surface area contributed by atoms with Gasteiger partial charge in [-0.15, -0.1) is 0 Å². The molecule has 53 heavy (non-hydrogen) atoms. The Kier molecular flexibility index (Phi) is 35.1. The quantitative estimate of drug-likeness (QED) is 0.0518. The maximum absolute atomic E-state index is 13.2. The zero-order valence-electron chi connectivity index (χ0n) is 29.4. The molecule has 2 aromatic carbocycles. The molecule has 9 N–H and O–H groups in total. The summed E-state index contributed by atoms with van der Waals surface area (Å²) in [5, 5.41) is 31.7. The Morgan fingerprint density at radius 1 is 0.981 bits per heavy atom. The average Bonchev–Trinajstić information content (AvgIpc) is 3.05. The number of hydrogen-bond donors (Lipinski definition) is 5. The number of halogens is 1. The number of ether oxygens (including phenoxy) is 5. The molecule has 3 unspecified atom stereocenters. The van der Waals surface area contributed by atoms with Crippen LogP contribution in [0.1, 0.15) is 39.9 Å². The van der Waals surface area contributed by atoms with Crippen molar-refractivity contribution in [2.45, 2.75) is 51.2 Å². The van der Waals surface area contributed by atoms with Gasteiger partial charge >= 0.3 is 9.95 Å². The van der Waals surface area contributed by atoms with E-state index in [-0.39, 0.29) is 179 Å². The molecule has 0 spiro atoms. The van der Waals surface area contributed by atoms with Gasteiger partial charge in [-0.25, -0.2) is 9.59 Å². The first-order valence-corrected chi connectivity index (χ1v) is 16.1. The van der Waals surface area contributed by atoms with Gasteiger partial charge in [-0.1, -0.05) is 12.1 Å². The number of benzene rings is 2. The minimum absolute atomic E-state index is 0. The minimum Gasteiger partial charge on any atom is -0.565 e. The molecular formula is C31H46IN4O14TbY2-. The number of carboxylic acids is 1. The Bertz CT molecular complexity index is 1360. The first kappa shape index (κ1) is 57.6. The number of likely N-dealkylation sites (N-methyl/N-ethyl adjacent to an activating group) is 1. The predicted molar refractivity (Wildman–Crippen MR) is 185 cm³/mol. The number of rotatable bonds is 21. The summed E-state index contributed by atoms with van der Waals surface area (Å²) < 4.78 is 26.9. The second kappa shape index (κ2) is 32.3. The summed E-state index contributed by atoms with van der Waals surface area (Å²) in [5.74, 6) is -1.40. The van der Waals surface area contributed by atoms with Crippen LogP contribution < -0.4 is 21.0 Å². The number of carboxylic acid groups (broad SMARTS) is 1. The maximum Gasteiger partial charge on any atom is 0.367 e. The third kappa shape index (κ3) is 22.7. The van der Waals surface area contributed by atoms with Crippen molar-refractivity contribution in [2.75, 3.05) is 53.6 Å². The molecule has 22 heteroatoms. The van der Waals surface area contributed by atoms with Crippen LogP contribution in [0.2, 0.25) is 0 Å². The number of nitrogens with one attached hydrogen (secondary N) is 1. The van der Waals surface area contributed by atoms with E-state index in [1.165, 1.54) is 34.7 Å². The van der Waals surface area contributed by atoms with E-state index in [2.05, 4.69) is 11.0 Å². The molecule has 0 aliphatic carbocycles. The van der Waals surface area contributed by atoms with Crippen LogP contribution in [0, 0.1) is 38.6 Å². The summed E-state index contributed by atoms with van der Waals surface area (Å²) in [6, 6.07) is 9.38. The number of amides is 1. The number of carbonyl (C=O) groups is 3. The minimum atomic E-state index is -1.26. The van der Waals surface area contributed by atoms with Gasteiger partial charge < -0.3 is 76.2 Å². The summed E-state index contributed by atoms with van der Waals surface area (Å²) in [4.78, 5) is 48.7. The van der Waals surface area contributed by atoms with Crippen LogP contribution in [-0.4, -0.2) is 114 Å². The number of aliphatic carboxylic acids is 1. The van der Waals surface area contributed by atoms with Crippen molar-refractivity contribution in [3.63, 3.8) is 0 Å². The molecule has 1 fully saturated rings. The molecule has 0 aromatic heterocycles. The Morgan fingerprint density at radius 2 is 1.64 bits per heavy atom. The van der Waals surface area contributed by atoms with Crippen LogP contribution in [0.4, 0.5) is 4.79 Å². The van der Waals surface area contributed by atoms with Crippen molar-refractivity contribution in [1.29, 1.82) is 0 Å². The van der Waals surface area contributed by atoms with Gasteiger partial charge in [-0.3, -0.25) is 4.79 Å². The Hall–Kier alpha value is 0.274. The molecule has 1 heterocycles. The number of aliphatic hydroxyl groups excluding tert-OH is 2. The molecule has 0 saturated carbocycles. The molecule has 3 rings (SSSR count). The standard InChI is InChI=1S/C31H41IN3O13.H3N.H2O.Tb.2Y/c1-35(2)8-10-43-12-11-42-9-7-33-29(38)24-14-21(4-6-26(24)46-28-16-23(37)15-27(47-28)30(39)40)18-45-34-48-25-5-3-20(17-36)13-22(25)19-44-31(32)41;;;;;/h3-6,13-14,23,27-28,36-37H,7-12,15-19H2,1-2H3,(H,33,38)(H,39,40);1H3;1H2;;;/q-1;;;;;. The second-order valence-electron chi connectivity index (χ2n) is 10.8. The van der Waals surface area contributed by atoms with Gasteiger partial charge in [-0.05, 0) is 49.5 Å². The smallest absolute Gasteiger partial charge is 0.367 e. The van der Waals surface area contributed by atoms with Crippen molar-refractivity contribution in [1.82, 2.24) is 16.4 Å². The summed E-state index contributed by atoms with van der Waals surface area (Å²) >= 11 is 1.50. The van der Waals surface area contributed by atoms with Crippen LogP contribution in [0.5, 0.6) is 11.5 Å². The van der Waals surface area contributed by atoms with Crippen molar-refractivity contribution in [3.8, 4) is 11.5 Å². The summed E-state index contributed by atoms with van der Waals surface area (Å²) in [7, 11) is 3.91. The van der Waals surface area contributed by atoms with Crippen LogP contribution >= 0.6 is 22.6 Å². The normalized spacial score (nSPS) is 15.9. The second-order valence-corrected chi connectivity index (χ2v) is 11.7. The van der Waals surface area contributed by atoms with Gasteiger partial charge in [0.1, 0.15) is 18.1 Å². The van der Waals surface area contributed by atoms with Crippen molar-refractivity contribution >= 4 is 38.4 Å².